The fraction of sp³-hybridized carbons (Fsp3) is 0.435. The van der Waals surface area contributed by atoms with Crippen LogP contribution in [-0.2, 0) is 10.0 Å². The summed E-state index contributed by atoms with van der Waals surface area (Å²) < 4.78 is 39.7. The molecule has 0 amide bonds. The Morgan fingerprint density at radius 3 is 2.40 bits per heavy atom. The SMILES string of the molecule is COc1ccc(C)cc1S(=O)(=O)N1CCC2(CC1)CC(=O)c1c(C)cc(C)cc1O2. The number of ketones is 1. The molecule has 1 fully saturated rings. The molecule has 0 atom stereocenters. The summed E-state index contributed by atoms with van der Waals surface area (Å²) in [6.07, 6.45) is 1.22. The zero-order valence-electron chi connectivity index (χ0n) is 17.8. The summed E-state index contributed by atoms with van der Waals surface area (Å²) in [5.41, 5.74) is 2.84. The Balaban J connectivity index is 1.58. The molecule has 2 aromatic rings. The Labute approximate surface area is 177 Å². The molecule has 0 bridgehead atoms. The van der Waals surface area contributed by atoms with Crippen LogP contribution in [0.3, 0.4) is 0 Å². The monoisotopic (exact) mass is 429 g/mol. The molecule has 0 saturated carbocycles. The van der Waals surface area contributed by atoms with E-state index in [1.807, 2.05) is 39.0 Å². The van der Waals surface area contributed by atoms with E-state index in [1.165, 1.54) is 11.4 Å². The number of ether oxygens (including phenoxy) is 2. The standard InChI is InChI=1S/C23H27NO5S/c1-15-5-6-19(28-4)21(13-15)30(26,27)24-9-7-23(8-10-24)14-18(25)22-17(3)11-16(2)12-20(22)29-23/h5-6,11-13H,7-10,14H2,1-4H3. The number of Topliss-reactive ketones (excluding diaryl/α,β-unsaturated/α-hetero) is 1. The predicted molar refractivity (Wildman–Crippen MR) is 114 cm³/mol. The topological polar surface area (TPSA) is 72.9 Å². The number of sulfonamides is 1. The molecule has 1 spiro atoms. The molecule has 6 nitrogen and oxygen atoms in total. The highest BCUT2D eigenvalue weighted by Gasteiger charge is 2.45. The van der Waals surface area contributed by atoms with Crippen molar-refractivity contribution in [3.63, 3.8) is 0 Å². The summed E-state index contributed by atoms with van der Waals surface area (Å²) in [7, 11) is -2.23. The minimum atomic E-state index is -3.70. The van der Waals surface area contributed by atoms with Gasteiger partial charge in [0.05, 0.1) is 19.1 Å². The van der Waals surface area contributed by atoms with E-state index in [2.05, 4.69) is 0 Å². The molecule has 4 rings (SSSR count). The third-order valence-electron chi connectivity index (χ3n) is 6.10. The lowest BCUT2D eigenvalue weighted by atomic mass is 9.82. The quantitative estimate of drug-likeness (QED) is 0.742. The maximum atomic E-state index is 13.3. The fourth-order valence-electron chi connectivity index (χ4n) is 4.55. The largest absolute Gasteiger partial charge is 0.495 e. The summed E-state index contributed by atoms with van der Waals surface area (Å²) in [6, 6.07) is 9.04. The Hall–Kier alpha value is -2.38. The van der Waals surface area contributed by atoms with Gasteiger partial charge in [0.1, 0.15) is 22.0 Å². The first-order valence-electron chi connectivity index (χ1n) is 10.1. The number of carbonyl (C=O) groups is 1. The molecule has 0 radical (unpaired) electrons. The van der Waals surface area contributed by atoms with Crippen molar-refractivity contribution in [1.82, 2.24) is 4.31 Å². The van der Waals surface area contributed by atoms with E-state index in [0.717, 1.165) is 16.7 Å². The van der Waals surface area contributed by atoms with Gasteiger partial charge in [0.15, 0.2) is 5.78 Å². The molecule has 2 heterocycles. The van der Waals surface area contributed by atoms with Crippen molar-refractivity contribution in [3.8, 4) is 11.5 Å². The number of benzene rings is 2. The predicted octanol–water partition coefficient (Wildman–Crippen LogP) is 3.81. The maximum absolute atomic E-state index is 13.3. The molecular formula is C23H27NO5S. The van der Waals surface area contributed by atoms with E-state index in [9.17, 15) is 13.2 Å². The van der Waals surface area contributed by atoms with Crippen molar-refractivity contribution in [2.75, 3.05) is 20.2 Å². The number of piperidine rings is 1. The van der Waals surface area contributed by atoms with Crippen molar-refractivity contribution in [1.29, 1.82) is 0 Å². The van der Waals surface area contributed by atoms with Crippen molar-refractivity contribution >= 4 is 15.8 Å². The fourth-order valence-corrected chi connectivity index (χ4v) is 6.24. The van der Waals surface area contributed by atoms with Gasteiger partial charge >= 0.3 is 0 Å². The molecule has 1 saturated heterocycles. The highest BCUT2D eigenvalue weighted by molar-refractivity contribution is 7.89. The molecule has 0 N–H and O–H groups in total. The van der Waals surface area contributed by atoms with Gasteiger partial charge in [0.25, 0.3) is 0 Å². The van der Waals surface area contributed by atoms with Gasteiger partial charge in [-0.1, -0.05) is 12.1 Å². The van der Waals surface area contributed by atoms with Crippen molar-refractivity contribution in [2.24, 2.45) is 0 Å². The minimum absolute atomic E-state index is 0.0745. The van der Waals surface area contributed by atoms with Gasteiger partial charge in [-0.2, -0.15) is 4.31 Å². The van der Waals surface area contributed by atoms with Crippen LogP contribution in [0.4, 0.5) is 0 Å². The number of methoxy groups -OCH3 is 1. The lowest BCUT2D eigenvalue weighted by Crippen LogP contribution is -2.52. The molecular weight excluding hydrogens is 402 g/mol. The van der Waals surface area contributed by atoms with Gasteiger partial charge in [0, 0.05) is 25.9 Å². The van der Waals surface area contributed by atoms with E-state index >= 15 is 0 Å². The molecule has 160 valence electrons. The molecule has 0 aromatic heterocycles. The highest BCUT2D eigenvalue weighted by atomic mass is 32.2. The number of hydrogen-bond donors (Lipinski definition) is 0. The number of rotatable bonds is 3. The first-order valence-corrected chi connectivity index (χ1v) is 11.6. The summed E-state index contributed by atoms with van der Waals surface area (Å²) in [4.78, 5) is 13.1. The second-order valence-electron chi connectivity index (χ2n) is 8.40. The third kappa shape index (κ3) is 3.50. The van der Waals surface area contributed by atoms with E-state index in [0.29, 0.717) is 43.0 Å². The van der Waals surface area contributed by atoms with Crippen LogP contribution in [0.1, 0.15) is 46.3 Å². The summed E-state index contributed by atoms with van der Waals surface area (Å²) in [5.74, 6) is 1.04. The Bertz CT molecular complexity index is 1110. The van der Waals surface area contributed by atoms with Crippen LogP contribution in [0.2, 0.25) is 0 Å². The van der Waals surface area contributed by atoms with Gasteiger partial charge in [-0.3, -0.25) is 4.79 Å². The Morgan fingerprint density at radius 2 is 1.73 bits per heavy atom. The van der Waals surface area contributed by atoms with Crippen LogP contribution in [0.15, 0.2) is 35.2 Å². The van der Waals surface area contributed by atoms with Gasteiger partial charge in [-0.15, -0.1) is 0 Å². The second-order valence-corrected chi connectivity index (χ2v) is 10.3. The van der Waals surface area contributed by atoms with Gasteiger partial charge in [-0.25, -0.2) is 8.42 Å². The normalized spacial score (nSPS) is 18.7. The number of aryl methyl sites for hydroxylation is 3. The molecule has 7 heteroatoms. The summed E-state index contributed by atoms with van der Waals surface area (Å²) in [5, 5.41) is 0. The van der Waals surface area contributed by atoms with Crippen LogP contribution < -0.4 is 9.47 Å². The second kappa shape index (κ2) is 7.39. The number of nitrogens with zero attached hydrogens (tertiary/aromatic N) is 1. The van der Waals surface area contributed by atoms with Crippen LogP contribution in [0.25, 0.3) is 0 Å². The summed E-state index contributed by atoms with van der Waals surface area (Å²) >= 11 is 0. The van der Waals surface area contributed by atoms with Crippen molar-refractivity contribution in [2.45, 2.75) is 50.5 Å². The van der Waals surface area contributed by atoms with Crippen LogP contribution in [0, 0.1) is 20.8 Å². The van der Waals surface area contributed by atoms with E-state index in [4.69, 9.17) is 9.47 Å². The lowest BCUT2D eigenvalue weighted by molar-refractivity contribution is 0.00576. The number of hydrogen-bond acceptors (Lipinski definition) is 5. The molecule has 2 aliphatic rings. The van der Waals surface area contributed by atoms with Gasteiger partial charge < -0.3 is 9.47 Å². The smallest absolute Gasteiger partial charge is 0.246 e. The lowest BCUT2D eigenvalue weighted by Gasteiger charge is -2.43. The number of fused-ring (bicyclic) bond motifs is 1. The third-order valence-corrected chi connectivity index (χ3v) is 8.02. The molecule has 2 aliphatic heterocycles. The Kier molecular flexibility index (Phi) is 5.14. The minimum Gasteiger partial charge on any atom is -0.495 e. The molecule has 30 heavy (non-hydrogen) atoms. The number of carbonyl (C=O) groups excluding carboxylic acids is 1. The van der Waals surface area contributed by atoms with Crippen LogP contribution in [-0.4, -0.2) is 44.3 Å². The average molecular weight is 430 g/mol. The van der Waals surface area contributed by atoms with Crippen LogP contribution in [0.5, 0.6) is 11.5 Å². The molecule has 0 unspecified atom stereocenters. The van der Waals surface area contributed by atoms with E-state index < -0.39 is 15.6 Å². The van der Waals surface area contributed by atoms with Gasteiger partial charge in [-0.05, 0) is 55.7 Å². The Morgan fingerprint density at radius 1 is 1.03 bits per heavy atom. The highest BCUT2D eigenvalue weighted by Crippen LogP contribution is 2.42. The van der Waals surface area contributed by atoms with Crippen LogP contribution >= 0.6 is 0 Å². The van der Waals surface area contributed by atoms with Crippen molar-refractivity contribution in [3.05, 3.63) is 52.6 Å². The first kappa shape index (κ1) is 20.9. The molecule has 0 aliphatic carbocycles. The van der Waals surface area contributed by atoms with E-state index in [1.54, 1.807) is 12.1 Å². The maximum Gasteiger partial charge on any atom is 0.246 e. The first-order chi connectivity index (χ1) is 14.1. The van der Waals surface area contributed by atoms with Gasteiger partial charge in [0.2, 0.25) is 10.0 Å². The average Bonchev–Trinajstić information content (AvgIpc) is 2.67. The summed E-state index contributed by atoms with van der Waals surface area (Å²) in [6.45, 7) is 6.36. The molecule has 2 aromatic carbocycles. The van der Waals surface area contributed by atoms with E-state index in [-0.39, 0.29) is 17.1 Å². The zero-order chi connectivity index (χ0) is 21.7. The van der Waals surface area contributed by atoms with Crippen molar-refractivity contribution < 1.29 is 22.7 Å². The zero-order valence-corrected chi connectivity index (χ0v) is 18.6.